The maximum Gasteiger partial charge on any atom is 0.269 e. The van der Waals surface area contributed by atoms with Crippen molar-refractivity contribution in [3.05, 3.63) is 74.8 Å². The van der Waals surface area contributed by atoms with Crippen LogP contribution in [0.4, 0.5) is 5.69 Å². The predicted molar refractivity (Wildman–Crippen MR) is 109 cm³/mol. The van der Waals surface area contributed by atoms with Gasteiger partial charge in [0.2, 0.25) is 5.91 Å². The molecule has 0 unspecified atom stereocenters. The Bertz CT molecular complexity index is 921. The van der Waals surface area contributed by atoms with Gasteiger partial charge >= 0.3 is 0 Å². The van der Waals surface area contributed by atoms with Crippen molar-refractivity contribution < 1.29 is 14.5 Å². The molecule has 29 heavy (non-hydrogen) atoms. The van der Waals surface area contributed by atoms with Crippen molar-refractivity contribution in [2.75, 3.05) is 13.1 Å². The minimum absolute atomic E-state index is 0.00825. The van der Waals surface area contributed by atoms with E-state index >= 15 is 0 Å². The van der Waals surface area contributed by atoms with Crippen LogP contribution in [-0.4, -0.2) is 40.9 Å². The Morgan fingerprint density at radius 2 is 1.72 bits per heavy atom. The Morgan fingerprint density at radius 1 is 1.10 bits per heavy atom. The van der Waals surface area contributed by atoms with E-state index < -0.39 is 4.92 Å². The average molecular weight is 415 g/mol. The van der Waals surface area contributed by atoms with Crippen LogP contribution in [0.25, 0.3) is 0 Å². The monoisotopic (exact) mass is 414 g/mol. The number of halogens is 1. The van der Waals surface area contributed by atoms with Crippen LogP contribution in [-0.2, 0) is 4.79 Å². The fraction of sp³-hybridized carbons (Fsp3) is 0.250. The van der Waals surface area contributed by atoms with Crippen molar-refractivity contribution in [1.29, 1.82) is 0 Å². The summed E-state index contributed by atoms with van der Waals surface area (Å²) >= 11 is 5.85. The summed E-state index contributed by atoms with van der Waals surface area (Å²) in [6, 6.07) is 12.6. The third kappa shape index (κ3) is 5.39. The fourth-order valence-corrected chi connectivity index (χ4v) is 3.19. The Kier molecular flexibility index (Phi) is 6.56. The number of nitro benzene ring substituents is 1. The van der Waals surface area contributed by atoms with Gasteiger partial charge in [0.05, 0.1) is 11.1 Å². The molecule has 0 atom stereocenters. The number of rotatable bonds is 5. The Balaban J connectivity index is 1.47. The molecule has 0 spiro atoms. The highest BCUT2D eigenvalue weighted by Gasteiger charge is 2.27. The summed E-state index contributed by atoms with van der Waals surface area (Å²) in [7, 11) is 0. The van der Waals surface area contributed by atoms with Gasteiger partial charge in [0.15, 0.2) is 0 Å². The van der Waals surface area contributed by atoms with Crippen molar-refractivity contribution in [3.63, 3.8) is 0 Å². The van der Waals surface area contributed by atoms with Gasteiger partial charge in [-0.25, -0.2) is 5.43 Å². The van der Waals surface area contributed by atoms with E-state index in [1.807, 2.05) is 0 Å². The zero-order valence-corrected chi connectivity index (χ0v) is 16.2. The quantitative estimate of drug-likeness (QED) is 0.460. The molecular formula is C20H19ClN4O4. The molecule has 0 bridgehead atoms. The molecule has 0 aromatic heterocycles. The van der Waals surface area contributed by atoms with Gasteiger partial charge in [-0.3, -0.25) is 19.7 Å². The second kappa shape index (κ2) is 9.29. The summed E-state index contributed by atoms with van der Waals surface area (Å²) in [5, 5.41) is 15.1. The Morgan fingerprint density at radius 3 is 2.31 bits per heavy atom. The van der Waals surface area contributed by atoms with Gasteiger partial charge in [-0.2, -0.15) is 5.10 Å². The summed E-state index contributed by atoms with van der Waals surface area (Å²) in [4.78, 5) is 36.7. The van der Waals surface area contributed by atoms with Crippen LogP contribution in [0.3, 0.4) is 0 Å². The lowest BCUT2D eigenvalue weighted by molar-refractivity contribution is -0.384. The summed E-state index contributed by atoms with van der Waals surface area (Å²) in [5.41, 5.74) is 3.70. The number of hydrogen-bond donors (Lipinski definition) is 1. The number of non-ortho nitro benzene ring substituents is 1. The first kappa shape index (κ1) is 20.5. The molecule has 3 rings (SSSR count). The first-order chi connectivity index (χ1) is 13.9. The van der Waals surface area contributed by atoms with Crippen molar-refractivity contribution in [2.24, 2.45) is 11.0 Å². The number of hydrazone groups is 1. The van der Waals surface area contributed by atoms with E-state index in [-0.39, 0.29) is 23.4 Å². The minimum atomic E-state index is -0.479. The van der Waals surface area contributed by atoms with Crippen molar-refractivity contribution in [3.8, 4) is 0 Å². The van der Waals surface area contributed by atoms with Gasteiger partial charge in [-0.05, 0) is 54.8 Å². The van der Waals surface area contributed by atoms with E-state index in [0.717, 1.165) is 0 Å². The van der Waals surface area contributed by atoms with Crippen molar-refractivity contribution in [1.82, 2.24) is 10.3 Å². The zero-order valence-electron chi connectivity index (χ0n) is 15.5. The number of hydrogen-bond acceptors (Lipinski definition) is 5. The summed E-state index contributed by atoms with van der Waals surface area (Å²) in [6.07, 6.45) is 2.54. The van der Waals surface area contributed by atoms with Crippen LogP contribution >= 0.6 is 11.6 Å². The smallest absolute Gasteiger partial charge is 0.269 e. The molecule has 1 heterocycles. The molecule has 2 amide bonds. The lowest BCUT2D eigenvalue weighted by atomic mass is 9.95. The number of nitrogens with zero attached hydrogens (tertiary/aromatic N) is 3. The van der Waals surface area contributed by atoms with Crippen LogP contribution in [0.15, 0.2) is 53.6 Å². The van der Waals surface area contributed by atoms with Crippen molar-refractivity contribution >= 4 is 35.3 Å². The second-order valence-electron chi connectivity index (χ2n) is 6.66. The second-order valence-corrected chi connectivity index (χ2v) is 7.09. The van der Waals surface area contributed by atoms with Crippen LogP contribution in [0.2, 0.25) is 5.02 Å². The highest BCUT2D eigenvalue weighted by Crippen LogP contribution is 2.20. The SMILES string of the molecule is O=C(N/N=C\c1ccc([N+](=O)[O-])cc1)C1CCN(C(=O)c2ccc(Cl)cc2)CC1. The lowest BCUT2D eigenvalue weighted by Gasteiger charge is -2.31. The molecule has 0 aliphatic carbocycles. The van der Waals surface area contributed by atoms with E-state index in [9.17, 15) is 19.7 Å². The van der Waals surface area contributed by atoms with Crippen LogP contribution in [0.1, 0.15) is 28.8 Å². The summed E-state index contributed by atoms with van der Waals surface area (Å²) < 4.78 is 0. The third-order valence-corrected chi connectivity index (χ3v) is 4.99. The number of nitro groups is 1. The number of carbonyl (C=O) groups excluding carboxylic acids is 2. The van der Waals surface area contributed by atoms with Gasteiger partial charge in [0, 0.05) is 41.7 Å². The van der Waals surface area contributed by atoms with Crippen LogP contribution < -0.4 is 5.43 Å². The number of benzene rings is 2. The number of nitrogens with one attached hydrogen (secondary N) is 1. The highest BCUT2D eigenvalue weighted by molar-refractivity contribution is 6.30. The van der Waals surface area contributed by atoms with E-state index in [0.29, 0.717) is 42.1 Å². The first-order valence-corrected chi connectivity index (χ1v) is 9.44. The average Bonchev–Trinajstić information content (AvgIpc) is 2.74. The van der Waals surface area contributed by atoms with Gasteiger partial charge in [-0.1, -0.05) is 11.6 Å². The Labute approximate surface area is 172 Å². The molecule has 2 aromatic carbocycles. The van der Waals surface area contributed by atoms with Gasteiger partial charge in [-0.15, -0.1) is 0 Å². The first-order valence-electron chi connectivity index (χ1n) is 9.06. The van der Waals surface area contributed by atoms with Gasteiger partial charge < -0.3 is 4.90 Å². The summed E-state index contributed by atoms with van der Waals surface area (Å²) in [5.74, 6) is -0.503. The third-order valence-electron chi connectivity index (χ3n) is 4.74. The van der Waals surface area contributed by atoms with Gasteiger partial charge in [0.1, 0.15) is 0 Å². The predicted octanol–water partition coefficient (Wildman–Crippen LogP) is 3.25. The molecule has 0 saturated carbocycles. The van der Waals surface area contributed by atoms with Crippen LogP contribution in [0, 0.1) is 16.0 Å². The lowest BCUT2D eigenvalue weighted by Crippen LogP contribution is -2.42. The molecule has 1 fully saturated rings. The summed E-state index contributed by atoms with van der Waals surface area (Å²) in [6.45, 7) is 0.983. The van der Waals surface area contributed by atoms with Crippen LogP contribution in [0.5, 0.6) is 0 Å². The van der Waals surface area contributed by atoms with Crippen molar-refractivity contribution in [2.45, 2.75) is 12.8 Å². The molecule has 8 nitrogen and oxygen atoms in total. The molecule has 1 aliphatic heterocycles. The molecule has 9 heteroatoms. The molecule has 1 aliphatic rings. The minimum Gasteiger partial charge on any atom is -0.339 e. The Hall–Kier alpha value is -3.26. The normalized spacial score (nSPS) is 14.7. The number of carbonyl (C=O) groups is 2. The maximum absolute atomic E-state index is 12.5. The van der Waals surface area contributed by atoms with E-state index in [4.69, 9.17) is 11.6 Å². The number of likely N-dealkylation sites (tertiary alicyclic amines) is 1. The fourth-order valence-electron chi connectivity index (χ4n) is 3.06. The van der Waals surface area contributed by atoms with E-state index in [1.165, 1.54) is 18.3 Å². The van der Waals surface area contributed by atoms with E-state index in [2.05, 4.69) is 10.5 Å². The molecular weight excluding hydrogens is 396 g/mol. The topological polar surface area (TPSA) is 105 Å². The largest absolute Gasteiger partial charge is 0.339 e. The molecule has 150 valence electrons. The number of piperidine rings is 1. The van der Waals surface area contributed by atoms with Gasteiger partial charge in [0.25, 0.3) is 11.6 Å². The molecule has 1 saturated heterocycles. The van der Waals surface area contributed by atoms with E-state index in [1.54, 1.807) is 41.3 Å². The maximum atomic E-state index is 12.5. The zero-order chi connectivity index (χ0) is 20.8. The molecule has 0 radical (unpaired) electrons. The molecule has 1 N–H and O–H groups in total. The highest BCUT2D eigenvalue weighted by atomic mass is 35.5. The number of amides is 2. The standard InChI is InChI=1S/C20H19ClN4O4/c21-17-5-3-16(4-6-17)20(27)24-11-9-15(10-12-24)19(26)23-22-13-14-1-7-18(8-2-14)25(28)29/h1-8,13,15H,9-12H2,(H,23,26)/b22-13-. The molecule has 2 aromatic rings.